The fourth-order valence-electron chi connectivity index (χ4n) is 2.38. The SMILES string of the molecule is COc1c(F)c(F)cc2c(=O)c(C(=O)OB(F)F)cn(CC(C)(F)F)c12. The van der Waals surface area contributed by atoms with Gasteiger partial charge in [0.25, 0.3) is 5.92 Å². The van der Waals surface area contributed by atoms with Crippen LogP contribution in [0.4, 0.5) is 26.2 Å². The van der Waals surface area contributed by atoms with E-state index in [0.29, 0.717) is 23.8 Å². The number of rotatable bonds is 5. The molecule has 0 saturated heterocycles. The van der Waals surface area contributed by atoms with E-state index in [1.54, 1.807) is 0 Å². The largest absolute Gasteiger partial charge is 0.798 e. The third kappa shape index (κ3) is 3.78. The molecule has 0 bridgehead atoms. The Balaban J connectivity index is 2.91. The molecule has 0 radical (unpaired) electrons. The Hall–Kier alpha value is -2.66. The van der Waals surface area contributed by atoms with Gasteiger partial charge in [0.2, 0.25) is 11.2 Å². The lowest BCUT2D eigenvalue weighted by Crippen LogP contribution is -2.27. The monoisotopic (exact) mass is 381 g/mol. The van der Waals surface area contributed by atoms with Crippen molar-refractivity contribution >= 4 is 24.3 Å². The number of hydrogen-bond donors (Lipinski definition) is 0. The van der Waals surface area contributed by atoms with E-state index < -0.39 is 65.2 Å². The molecule has 1 aromatic carbocycles. The van der Waals surface area contributed by atoms with E-state index in [9.17, 15) is 35.8 Å². The fraction of sp³-hybridized carbons (Fsp3) is 0.286. The third-order valence-electron chi connectivity index (χ3n) is 3.28. The van der Waals surface area contributed by atoms with Crippen molar-refractivity contribution in [3.63, 3.8) is 0 Å². The van der Waals surface area contributed by atoms with Crippen LogP contribution in [0.5, 0.6) is 5.75 Å². The molecule has 2 aromatic rings. The summed E-state index contributed by atoms with van der Waals surface area (Å²) in [6.45, 7) is -0.694. The van der Waals surface area contributed by atoms with Gasteiger partial charge in [-0.1, -0.05) is 0 Å². The highest BCUT2D eigenvalue weighted by Gasteiger charge is 2.30. The second-order valence-electron chi connectivity index (χ2n) is 5.34. The van der Waals surface area contributed by atoms with Gasteiger partial charge in [0, 0.05) is 13.1 Å². The maximum atomic E-state index is 13.9. The Morgan fingerprint density at radius 2 is 1.92 bits per heavy atom. The highest BCUT2D eigenvalue weighted by atomic mass is 19.3. The first-order chi connectivity index (χ1) is 12.0. The Labute approximate surface area is 142 Å². The van der Waals surface area contributed by atoms with Crippen LogP contribution in [0.2, 0.25) is 0 Å². The molecule has 0 N–H and O–H groups in total. The predicted octanol–water partition coefficient (Wildman–Crippen LogP) is 3.02. The van der Waals surface area contributed by atoms with Gasteiger partial charge < -0.3 is 14.0 Å². The molecule has 1 heterocycles. The molecule has 0 fully saturated rings. The summed E-state index contributed by atoms with van der Waals surface area (Å²) in [7, 11) is -2.66. The van der Waals surface area contributed by atoms with Crippen molar-refractivity contribution in [2.24, 2.45) is 0 Å². The summed E-state index contributed by atoms with van der Waals surface area (Å²) in [5, 5.41) is -0.714. The number of pyridine rings is 1. The van der Waals surface area contributed by atoms with Crippen molar-refractivity contribution in [3.05, 3.63) is 39.7 Å². The number of methoxy groups -OCH3 is 1. The van der Waals surface area contributed by atoms with Crippen LogP contribution in [-0.4, -0.2) is 31.0 Å². The summed E-state index contributed by atoms with van der Waals surface area (Å²) in [5.41, 5.74) is -2.92. The van der Waals surface area contributed by atoms with E-state index in [1.165, 1.54) is 0 Å². The lowest BCUT2D eigenvalue weighted by molar-refractivity contribution is 0.00470. The number of fused-ring (bicyclic) bond motifs is 1. The maximum Gasteiger partial charge on any atom is 0.798 e. The first-order valence-electron chi connectivity index (χ1n) is 6.92. The zero-order valence-electron chi connectivity index (χ0n) is 13.3. The molecule has 12 heteroatoms. The average molecular weight is 381 g/mol. The van der Waals surface area contributed by atoms with Gasteiger partial charge in [0.15, 0.2) is 11.6 Å². The van der Waals surface area contributed by atoms with Crippen molar-refractivity contribution in [1.29, 1.82) is 0 Å². The third-order valence-corrected chi connectivity index (χ3v) is 3.28. The molecule has 0 spiro atoms. The number of alkyl halides is 2. The Kier molecular flexibility index (Phi) is 5.24. The molecule has 0 aliphatic carbocycles. The summed E-state index contributed by atoms with van der Waals surface area (Å²) in [6.07, 6.45) is 0.507. The summed E-state index contributed by atoms with van der Waals surface area (Å²) in [5.74, 6) is -9.17. The van der Waals surface area contributed by atoms with Crippen LogP contribution < -0.4 is 10.2 Å². The Morgan fingerprint density at radius 1 is 1.31 bits per heavy atom. The number of aromatic nitrogens is 1. The minimum Gasteiger partial charge on any atom is -0.491 e. The number of carbonyl (C=O) groups excluding carboxylic acids is 1. The van der Waals surface area contributed by atoms with E-state index >= 15 is 0 Å². The highest BCUT2D eigenvalue weighted by molar-refractivity contribution is 6.38. The van der Waals surface area contributed by atoms with E-state index in [1.807, 2.05) is 0 Å². The topological polar surface area (TPSA) is 57.5 Å². The Bertz CT molecular complexity index is 925. The zero-order chi connectivity index (χ0) is 19.8. The smallest absolute Gasteiger partial charge is 0.491 e. The summed E-state index contributed by atoms with van der Waals surface area (Å²) in [4.78, 5) is 24.0. The van der Waals surface area contributed by atoms with Crippen LogP contribution in [-0.2, 0) is 11.2 Å². The lowest BCUT2D eigenvalue weighted by atomic mass is 10.1. The number of nitrogens with zero attached hydrogens (tertiary/aromatic N) is 1. The van der Waals surface area contributed by atoms with Gasteiger partial charge in [-0.2, -0.15) is 4.39 Å². The van der Waals surface area contributed by atoms with Crippen LogP contribution in [0.1, 0.15) is 17.3 Å². The van der Waals surface area contributed by atoms with Crippen molar-refractivity contribution < 1.29 is 40.4 Å². The van der Waals surface area contributed by atoms with Crippen LogP contribution in [0, 0.1) is 11.6 Å². The van der Waals surface area contributed by atoms with E-state index in [4.69, 9.17) is 0 Å². The normalized spacial score (nSPS) is 11.5. The first-order valence-corrected chi connectivity index (χ1v) is 6.92. The zero-order valence-corrected chi connectivity index (χ0v) is 13.3. The summed E-state index contributed by atoms with van der Waals surface area (Å²) < 4.78 is 87.8. The second kappa shape index (κ2) is 6.92. The summed E-state index contributed by atoms with van der Waals surface area (Å²) >= 11 is 0. The molecular weight excluding hydrogens is 371 g/mol. The van der Waals surface area contributed by atoms with Gasteiger partial charge in [0.1, 0.15) is 5.56 Å². The van der Waals surface area contributed by atoms with Crippen molar-refractivity contribution in [2.75, 3.05) is 7.11 Å². The predicted molar refractivity (Wildman–Crippen MR) is 78.7 cm³/mol. The van der Waals surface area contributed by atoms with Gasteiger partial charge >= 0.3 is 13.4 Å². The van der Waals surface area contributed by atoms with Crippen molar-refractivity contribution in [3.8, 4) is 5.75 Å². The van der Waals surface area contributed by atoms with Gasteiger partial charge in [-0.15, -0.1) is 0 Å². The molecular formula is C14H10BF6NO4. The number of benzene rings is 1. The van der Waals surface area contributed by atoms with Gasteiger partial charge in [-0.25, -0.2) is 26.6 Å². The number of carbonyl (C=O) groups is 1. The standard InChI is InChI=1S/C14H10BF6NO4/c1-14(18,19)5-22-4-7(13(24)26-15(20)21)11(23)6-3-8(16)9(17)12(25-2)10(6)22/h3-4H,5H2,1-2H3. The van der Waals surface area contributed by atoms with Crippen LogP contribution in [0.25, 0.3) is 10.9 Å². The minimum absolute atomic E-state index is 0.360. The maximum absolute atomic E-state index is 13.9. The fourth-order valence-corrected chi connectivity index (χ4v) is 2.38. The molecule has 0 aliphatic heterocycles. The molecule has 0 saturated carbocycles. The van der Waals surface area contributed by atoms with E-state index in [0.717, 1.165) is 7.11 Å². The first kappa shape index (κ1) is 19.7. The number of ether oxygens (including phenoxy) is 1. The average Bonchev–Trinajstić information content (AvgIpc) is 2.49. The van der Waals surface area contributed by atoms with E-state index in [-0.39, 0.29) is 0 Å². The van der Waals surface area contributed by atoms with Gasteiger partial charge in [-0.3, -0.25) is 4.79 Å². The molecule has 26 heavy (non-hydrogen) atoms. The number of halogens is 6. The molecule has 0 unspecified atom stereocenters. The molecule has 2 rings (SSSR count). The van der Waals surface area contributed by atoms with Crippen LogP contribution in [0.3, 0.4) is 0 Å². The molecule has 0 atom stereocenters. The van der Waals surface area contributed by atoms with Gasteiger partial charge in [0.05, 0.1) is 24.6 Å². The van der Waals surface area contributed by atoms with Crippen LogP contribution >= 0.6 is 0 Å². The second-order valence-corrected chi connectivity index (χ2v) is 5.34. The van der Waals surface area contributed by atoms with Crippen molar-refractivity contribution in [1.82, 2.24) is 4.57 Å². The van der Waals surface area contributed by atoms with Crippen LogP contribution in [0.15, 0.2) is 17.1 Å². The lowest BCUT2D eigenvalue weighted by Gasteiger charge is -2.19. The Morgan fingerprint density at radius 3 is 2.42 bits per heavy atom. The molecule has 5 nitrogen and oxygen atoms in total. The van der Waals surface area contributed by atoms with Gasteiger partial charge in [-0.05, 0) is 6.07 Å². The molecule has 1 aromatic heterocycles. The molecule has 140 valence electrons. The highest BCUT2D eigenvalue weighted by Crippen LogP contribution is 2.31. The minimum atomic E-state index is -3.57. The van der Waals surface area contributed by atoms with Crippen molar-refractivity contribution in [2.45, 2.75) is 19.4 Å². The molecule has 0 amide bonds. The number of hydrogen-bond acceptors (Lipinski definition) is 4. The molecule has 0 aliphatic rings. The summed E-state index contributed by atoms with van der Waals surface area (Å²) in [6, 6.07) is 0.360. The van der Waals surface area contributed by atoms with E-state index in [2.05, 4.69) is 9.39 Å². The quantitative estimate of drug-likeness (QED) is 0.591.